The van der Waals surface area contributed by atoms with Crippen LogP contribution in [-0.4, -0.2) is 47.1 Å². The fraction of sp³-hybridized carbons (Fsp3) is 0.259. The number of anilines is 2. The lowest BCUT2D eigenvalue weighted by Gasteiger charge is -2.18. The maximum atomic E-state index is 14.2. The Labute approximate surface area is 236 Å². The number of aryl methyl sites for hydroxylation is 2. The molecule has 15 heteroatoms. The predicted octanol–water partition coefficient (Wildman–Crippen LogP) is 4.46. The van der Waals surface area contributed by atoms with Crippen molar-refractivity contribution < 1.29 is 27.2 Å². The van der Waals surface area contributed by atoms with Crippen LogP contribution in [0.15, 0.2) is 53.8 Å². The van der Waals surface area contributed by atoms with E-state index in [0.29, 0.717) is 35.0 Å². The number of amides is 1. The topological polar surface area (TPSA) is 129 Å². The summed E-state index contributed by atoms with van der Waals surface area (Å²) in [6.45, 7) is 1.89. The molecule has 0 bridgehead atoms. The molecule has 1 N–H and O–H groups in total. The Kier molecular flexibility index (Phi) is 6.63. The van der Waals surface area contributed by atoms with Crippen LogP contribution < -0.4 is 15.0 Å². The van der Waals surface area contributed by atoms with Crippen molar-refractivity contribution in [1.29, 1.82) is 0 Å². The number of benzene rings is 1. The van der Waals surface area contributed by atoms with Crippen LogP contribution in [0.2, 0.25) is 0 Å². The molecule has 6 rings (SSSR count). The van der Waals surface area contributed by atoms with Gasteiger partial charge in [0.1, 0.15) is 30.8 Å². The Hall–Kier alpha value is -5.21. The van der Waals surface area contributed by atoms with Crippen LogP contribution in [0.3, 0.4) is 0 Å². The fourth-order valence-corrected chi connectivity index (χ4v) is 4.96. The van der Waals surface area contributed by atoms with Crippen LogP contribution >= 0.6 is 0 Å². The number of halogens is 3. The second-order valence-corrected chi connectivity index (χ2v) is 9.63. The molecule has 216 valence electrons. The zero-order valence-corrected chi connectivity index (χ0v) is 22.7. The number of nitrogens with zero attached hydrogens (tertiary/aromatic N) is 8. The van der Waals surface area contributed by atoms with Crippen molar-refractivity contribution >= 4 is 17.5 Å². The minimum absolute atomic E-state index is 0.0637. The summed E-state index contributed by atoms with van der Waals surface area (Å²) in [6, 6.07) is 5.87. The molecule has 5 aromatic rings. The van der Waals surface area contributed by atoms with Gasteiger partial charge in [-0.2, -0.15) is 18.3 Å². The van der Waals surface area contributed by atoms with Crippen LogP contribution in [0, 0.1) is 0 Å². The van der Waals surface area contributed by atoms with Crippen LogP contribution in [0.25, 0.3) is 22.6 Å². The average Bonchev–Trinajstić information content (AvgIpc) is 3.75. The quantitative estimate of drug-likeness (QED) is 0.283. The molecule has 5 heterocycles. The highest BCUT2D eigenvalue weighted by atomic mass is 19.4. The Morgan fingerprint density at radius 1 is 1.12 bits per heavy atom. The zero-order chi connectivity index (χ0) is 29.6. The molecule has 0 unspecified atom stereocenters. The molecule has 42 heavy (non-hydrogen) atoms. The molecular formula is C27H24F3N9O3. The molecular weight excluding hydrogens is 555 g/mol. The smallest absolute Gasteiger partial charge is 0.416 e. The van der Waals surface area contributed by atoms with Gasteiger partial charge in [0.05, 0.1) is 29.6 Å². The first-order chi connectivity index (χ1) is 20.1. The van der Waals surface area contributed by atoms with E-state index in [1.165, 1.54) is 23.4 Å². The standard InChI is InChI=1S/C27H24F3N9O3/c1-4-31-22-7-16(24-19(10-33-38(24)3)25-36-32-14-37(25)2)8-23(35-22)39-11-20-18(26(39)40)5-15(6-21(20)27(28,29)30)12-41-17-9-34-42-13-17/h5-10,13-14H,4,11-12H2,1-3H3,(H,31,35). The third-order valence-corrected chi connectivity index (χ3v) is 6.83. The number of pyridine rings is 1. The molecule has 0 saturated heterocycles. The maximum Gasteiger partial charge on any atom is 0.416 e. The van der Waals surface area contributed by atoms with Gasteiger partial charge >= 0.3 is 6.18 Å². The first kappa shape index (κ1) is 27.0. The number of carbonyl (C=O) groups excluding carboxylic acids is 1. The number of carbonyl (C=O) groups is 1. The molecule has 1 aliphatic rings. The Morgan fingerprint density at radius 2 is 1.95 bits per heavy atom. The van der Waals surface area contributed by atoms with Crippen molar-refractivity contribution in [3.05, 3.63) is 71.5 Å². The molecule has 0 fully saturated rings. The number of alkyl halides is 3. The normalized spacial score (nSPS) is 13.1. The van der Waals surface area contributed by atoms with E-state index in [2.05, 4.69) is 30.8 Å². The van der Waals surface area contributed by atoms with Crippen molar-refractivity contribution in [2.45, 2.75) is 26.3 Å². The van der Waals surface area contributed by atoms with Crippen molar-refractivity contribution in [2.75, 3.05) is 16.8 Å². The summed E-state index contributed by atoms with van der Waals surface area (Å²) < 4.78 is 56.2. The Morgan fingerprint density at radius 3 is 2.64 bits per heavy atom. The number of fused-ring (bicyclic) bond motifs is 1. The predicted molar refractivity (Wildman–Crippen MR) is 143 cm³/mol. The minimum atomic E-state index is -4.70. The Bertz CT molecular complexity index is 1780. The molecule has 0 atom stereocenters. The van der Waals surface area contributed by atoms with Gasteiger partial charge in [-0.15, -0.1) is 10.2 Å². The highest BCUT2D eigenvalue weighted by molar-refractivity contribution is 6.10. The van der Waals surface area contributed by atoms with Gasteiger partial charge in [-0.05, 0) is 42.3 Å². The largest absolute Gasteiger partial charge is 0.484 e. The van der Waals surface area contributed by atoms with Crippen molar-refractivity contribution in [2.24, 2.45) is 14.1 Å². The molecule has 4 aromatic heterocycles. The van der Waals surface area contributed by atoms with E-state index in [0.717, 1.165) is 6.07 Å². The molecule has 0 aliphatic carbocycles. The number of rotatable bonds is 8. The lowest BCUT2D eigenvalue weighted by atomic mass is 9.99. The monoisotopic (exact) mass is 579 g/mol. The van der Waals surface area contributed by atoms with E-state index in [1.807, 2.05) is 6.92 Å². The summed E-state index contributed by atoms with van der Waals surface area (Å²) in [6.07, 6.45) is 1.05. The van der Waals surface area contributed by atoms with Crippen LogP contribution in [0.4, 0.5) is 24.8 Å². The van der Waals surface area contributed by atoms with Crippen molar-refractivity contribution in [3.63, 3.8) is 0 Å². The first-order valence-electron chi connectivity index (χ1n) is 12.8. The molecule has 0 radical (unpaired) electrons. The summed E-state index contributed by atoms with van der Waals surface area (Å²) in [7, 11) is 3.57. The van der Waals surface area contributed by atoms with E-state index in [-0.39, 0.29) is 41.4 Å². The second kappa shape index (κ2) is 10.3. The highest BCUT2D eigenvalue weighted by Crippen LogP contribution is 2.41. The second-order valence-electron chi connectivity index (χ2n) is 9.63. The van der Waals surface area contributed by atoms with Crippen LogP contribution in [0.5, 0.6) is 5.75 Å². The highest BCUT2D eigenvalue weighted by Gasteiger charge is 2.41. The minimum Gasteiger partial charge on any atom is -0.484 e. The number of nitrogens with one attached hydrogen (secondary N) is 1. The van der Waals surface area contributed by atoms with E-state index in [1.54, 1.807) is 48.0 Å². The van der Waals surface area contributed by atoms with E-state index < -0.39 is 17.6 Å². The molecule has 1 aliphatic heterocycles. The van der Waals surface area contributed by atoms with Gasteiger partial charge in [0.15, 0.2) is 17.8 Å². The SMILES string of the molecule is CCNc1cc(-c2c(-c3nncn3C)cnn2C)cc(N2Cc3c(cc(COc4cnoc4)cc3C(F)(F)F)C2=O)n1. The number of aromatic nitrogens is 7. The lowest BCUT2D eigenvalue weighted by molar-refractivity contribution is -0.138. The summed E-state index contributed by atoms with van der Waals surface area (Å²) >= 11 is 0. The first-order valence-corrected chi connectivity index (χ1v) is 12.8. The van der Waals surface area contributed by atoms with Gasteiger partial charge in [-0.25, -0.2) is 4.98 Å². The van der Waals surface area contributed by atoms with E-state index in [4.69, 9.17) is 9.26 Å². The molecule has 1 amide bonds. The van der Waals surface area contributed by atoms with Gasteiger partial charge in [0.2, 0.25) is 0 Å². The molecule has 0 spiro atoms. The summed E-state index contributed by atoms with van der Waals surface area (Å²) in [4.78, 5) is 19.5. The van der Waals surface area contributed by atoms with Crippen LogP contribution in [0.1, 0.15) is 34.0 Å². The van der Waals surface area contributed by atoms with Gasteiger partial charge in [0, 0.05) is 31.8 Å². The van der Waals surface area contributed by atoms with Gasteiger partial charge in [-0.3, -0.25) is 14.4 Å². The van der Waals surface area contributed by atoms with E-state index >= 15 is 0 Å². The Balaban J connectivity index is 1.42. The molecule has 1 aromatic carbocycles. The van der Waals surface area contributed by atoms with Crippen LogP contribution in [-0.2, 0) is 33.4 Å². The third-order valence-electron chi connectivity index (χ3n) is 6.83. The summed E-state index contributed by atoms with van der Waals surface area (Å²) in [5.74, 6) is 0.850. The van der Waals surface area contributed by atoms with E-state index in [9.17, 15) is 18.0 Å². The fourth-order valence-electron chi connectivity index (χ4n) is 4.96. The lowest BCUT2D eigenvalue weighted by Crippen LogP contribution is -2.24. The number of hydrogen-bond acceptors (Lipinski definition) is 9. The van der Waals surface area contributed by atoms with Gasteiger partial charge in [0.25, 0.3) is 5.91 Å². The van der Waals surface area contributed by atoms with Gasteiger partial charge in [-0.1, -0.05) is 5.16 Å². The molecule has 0 saturated carbocycles. The summed E-state index contributed by atoms with van der Waals surface area (Å²) in [5, 5.41) is 19.2. The molecule has 12 nitrogen and oxygen atoms in total. The van der Waals surface area contributed by atoms with Crippen molar-refractivity contribution in [3.8, 4) is 28.4 Å². The zero-order valence-electron chi connectivity index (χ0n) is 22.7. The van der Waals surface area contributed by atoms with Gasteiger partial charge < -0.3 is 19.1 Å². The summed E-state index contributed by atoms with van der Waals surface area (Å²) in [5.41, 5.74) is 1.07. The van der Waals surface area contributed by atoms with Crippen molar-refractivity contribution in [1.82, 2.24) is 34.7 Å². The number of ether oxygens (including phenoxy) is 1. The number of hydrogen-bond donors (Lipinski definition) is 1. The maximum absolute atomic E-state index is 14.2. The average molecular weight is 580 g/mol. The third kappa shape index (κ3) is 4.82.